The molecule has 0 aliphatic heterocycles. The lowest BCUT2D eigenvalue weighted by atomic mass is 10.1. The number of benzene rings is 8. The number of aromatic amines is 4. The first kappa shape index (κ1) is 102. The minimum atomic E-state index is -3.75. The van der Waals surface area contributed by atoms with Crippen molar-refractivity contribution in [1.29, 1.82) is 0 Å². The van der Waals surface area contributed by atoms with Crippen molar-refractivity contribution in [1.82, 2.24) is 95.0 Å². The molecule has 8 aromatic carbocycles. The fourth-order valence-electron chi connectivity index (χ4n) is 14.3. The second-order valence-corrected chi connectivity index (χ2v) is 37.5. The summed E-state index contributed by atoms with van der Waals surface area (Å²) in [6.45, 7) is 5.78. The van der Waals surface area contributed by atoms with Crippen LogP contribution in [0, 0.1) is 44.0 Å². The maximum Gasteiger partial charge on any atom is 0.274 e. The Labute approximate surface area is 855 Å². The van der Waals surface area contributed by atoms with E-state index in [4.69, 9.17) is 4.74 Å². The van der Waals surface area contributed by atoms with Crippen molar-refractivity contribution in [3.8, 4) is 90.3 Å². The monoisotopic (exact) mass is 2060 g/mol. The van der Waals surface area contributed by atoms with Crippen molar-refractivity contribution in [2.24, 2.45) is 0 Å². The van der Waals surface area contributed by atoms with Gasteiger partial charge in [0.2, 0.25) is 32.8 Å². The summed E-state index contributed by atoms with van der Waals surface area (Å²) in [7, 11) is -2.67. The number of H-pyrrole nitrogens is 4. The molecule has 42 heteroatoms. The number of sulfone groups is 1. The molecule has 0 spiro atoms. The number of imidazole rings is 4. The first-order valence-corrected chi connectivity index (χ1v) is 50.9. The third-order valence-corrected chi connectivity index (χ3v) is 24.7. The Hall–Kier alpha value is -18.4. The van der Waals surface area contributed by atoms with Gasteiger partial charge in [-0.05, 0) is 275 Å². The summed E-state index contributed by atoms with van der Waals surface area (Å²) in [5, 5.41) is 25.0. The fourth-order valence-corrected chi connectivity index (χ4v) is 16.1. The number of rotatable bonds is 28. The van der Waals surface area contributed by atoms with Crippen LogP contribution in [-0.2, 0) is 9.84 Å². The Morgan fingerprint density at radius 2 is 0.703 bits per heavy atom. The van der Waals surface area contributed by atoms with Crippen LogP contribution in [-0.4, -0.2) is 166 Å². The highest BCUT2D eigenvalue weighted by Crippen LogP contribution is 2.36. The van der Waals surface area contributed by atoms with Gasteiger partial charge < -0.3 is 67.2 Å². The minimum Gasteiger partial charge on any atom is -0.457 e. The zero-order valence-electron chi connectivity index (χ0n) is 79.7. The van der Waals surface area contributed by atoms with Crippen LogP contribution in [0.3, 0.4) is 0 Å². The predicted molar refractivity (Wildman–Crippen MR) is 567 cm³/mol. The van der Waals surface area contributed by atoms with E-state index in [1.54, 1.807) is 147 Å². The Morgan fingerprint density at radius 1 is 0.365 bits per heavy atom. The number of pyridine rings is 4. The molecule has 0 saturated carbocycles. The van der Waals surface area contributed by atoms with Gasteiger partial charge in [0.15, 0.2) is 15.5 Å². The third kappa shape index (κ3) is 26.3. The number of carbonyl (C=O) groups excluding carboxylic acids is 5. The summed E-state index contributed by atoms with van der Waals surface area (Å²) >= 11 is 2.75. The van der Waals surface area contributed by atoms with Crippen LogP contribution in [0.5, 0.6) is 11.5 Å². The van der Waals surface area contributed by atoms with Gasteiger partial charge in [-0.15, -0.1) is 10.5 Å². The number of halogens is 4. The molecule has 0 radical (unpaired) electrons. The molecule has 148 heavy (non-hydrogen) atoms. The zero-order chi connectivity index (χ0) is 104. The molecular weight excluding hydrogens is 1970 g/mol. The van der Waals surface area contributed by atoms with E-state index in [1.165, 1.54) is 103 Å². The second kappa shape index (κ2) is 47.2. The molecule has 11 aromatic heterocycles. The van der Waals surface area contributed by atoms with E-state index in [1.807, 2.05) is 124 Å². The maximum absolute atomic E-state index is 13.5. The van der Waals surface area contributed by atoms with Crippen LogP contribution in [0.1, 0.15) is 69.1 Å². The topological polar surface area (TPSA) is 469 Å². The third-order valence-electron chi connectivity index (χ3n) is 21.8. The van der Waals surface area contributed by atoms with Crippen LogP contribution >= 0.6 is 34.0 Å². The molecule has 0 bridgehead atoms. The van der Waals surface area contributed by atoms with Gasteiger partial charge in [0.25, 0.3) is 29.5 Å². The van der Waals surface area contributed by atoms with Gasteiger partial charge in [0.1, 0.15) is 86.0 Å². The molecule has 1 atom stereocenters. The zero-order valence-corrected chi connectivity index (χ0v) is 83.0. The number of thioether (sulfide) groups is 2. The van der Waals surface area contributed by atoms with E-state index >= 15 is 0 Å². The van der Waals surface area contributed by atoms with E-state index in [-0.39, 0.29) is 74.7 Å². The lowest BCUT2D eigenvalue weighted by Crippen LogP contribution is -2.18. The Kier molecular flexibility index (Phi) is 32.7. The highest BCUT2D eigenvalue weighted by molar-refractivity contribution is 8.13. The number of anilines is 10. The van der Waals surface area contributed by atoms with Gasteiger partial charge in [-0.25, -0.2) is 75.8 Å². The second-order valence-electron chi connectivity index (χ2n) is 32.3. The van der Waals surface area contributed by atoms with Crippen LogP contribution < -0.4 is 47.3 Å². The SMILES string of the molecule is C=S(C)c1nc(-c2ccc(F)cc2)c(C(=O)Nc2ccc(C)c(Nc3nccc(-c4cccnc4)n3)c2)[nH]1.CNC(=O)c1cc(Oc2ccc(NC(=O)c3[nH]c(SC)nc3-c3ccc(F)cc3)cc2)ccn1.CSc1nc(-c2ccc(F)cc2)c(C(=O)Nc2ccc(C)c(Nc3nccc(-c4cccnc4)n3)c2)[nH]1.Cc1ccc(NC(=O)c2[nH]c(S(C)(=O)=O)nc2-c2ccc(F)cc2)cc1Nc1nccc(-c2cccnc2)n1. The number of carbonyl (C=O) groups is 5. The average molecular weight is 2060 g/mol. The molecule has 0 saturated heterocycles. The minimum absolute atomic E-state index is 0.0791. The number of aromatic nitrogens is 18. The van der Waals surface area contributed by atoms with E-state index in [2.05, 4.69) is 138 Å². The van der Waals surface area contributed by atoms with Gasteiger partial charge in [-0.1, -0.05) is 47.6 Å². The smallest absolute Gasteiger partial charge is 0.274 e. The van der Waals surface area contributed by atoms with Gasteiger partial charge in [0.05, 0.1) is 17.1 Å². The number of ether oxygens (including phenoxy) is 1. The molecule has 34 nitrogen and oxygen atoms in total. The molecule has 19 rings (SSSR count). The predicted octanol–water partition coefficient (Wildman–Crippen LogP) is 21.7. The summed E-state index contributed by atoms with van der Waals surface area (Å²) in [4.78, 5) is 137. The fraction of sp³-hybridized carbons (Fsp3) is 0.0755. The number of nitrogens with one attached hydrogen (secondary N) is 12. The van der Waals surface area contributed by atoms with E-state index in [0.717, 1.165) is 62.4 Å². The quantitative estimate of drug-likeness (QED) is 0.0123. The number of aryl methyl sites for hydroxylation is 3. The van der Waals surface area contributed by atoms with Crippen LogP contribution in [0.4, 0.5) is 75.2 Å². The summed E-state index contributed by atoms with van der Waals surface area (Å²) in [5.41, 5.74) is 16.5. The Bertz CT molecular complexity index is 8190. The molecule has 0 aliphatic carbocycles. The normalized spacial score (nSPS) is 11.1. The number of hydrogen-bond acceptors (Lipinski definition) is 27. The molecule has 1 unspecified atom stereocenters. The first-order valence-electron chi connectivity index (χ1n) is 44.7. The van der Waals surface area contributed by atoms with Gasteiger partial charge in [0, 0.05) is 160 Å². The van der Waals surface area contributed by atoms with Crippen LogP contribution in [0.15, 0.2) is 325 Å². The molecular formula is C106H88F4N26O8S4. The molecule has 5 amide bonds. The Balaban J connectivity index is 0.000000141. The first-order chi connectivity index (χ1) is 71.5. The number of amides is 5. The van der Waals surface area contributed by atoms with Gasteiger partial charge in [-0.2, -0.15) is 0 Å². The summed E-state index contributed by atoms with van der Waals surface area (Å²) < 4.78 is 83.7. The summed E-state index contributed by atoms with van der Waals surface area (Å²) in [6.07, 6.45) is 23.3. The standard InChI is InChI=1S/C28H24FN7OS.C27H22FN7O3S.C27H22FN7OS.C24H20FN5O3S/c1-17-6-11-21(15-23(17)34-27-31-14-12-22(33-27)19-5-4-13-30-16-19)32-26(37)25-24(35-28(36-25)38(2)3)18-7-9-20(29)10-8-18;1-16-5-10-20(14-22(16)33-26-30-13-11-21(32-26)18-4-3-12-29-15-18)31-25(36)24-23(17-6-8-19(28)9-7-17)34-27(35-24)39(2,37)38;1-16-5-10-20(14-22(16)33-26-30-13-11-21(32-26)18-4-3-12-29-15-18)31-25(36)24-23(34-27(35-24)37-2)17-6-8-19(28)9-7-17;1-26-22(31)19-13-18(11-12-27-19)33-17-9-7-16(8-10-17)28-23(32)21-20(29-24(30-21)34-2)14-3-5-15(25)6-4-14/h4-16H,2H2,1,3H3,(H,32,37)(H,35,36)(H,31,33,34);3-15H,1-2H3,(H,31,36)(H,34,35)(H,30,32,33);3-15H,1-2H3,(H,31,36)(H,34,35)(H,30,32,33);3-13H,1-2H3,(H,26,31)(H,28,32)(H,29,30). The number of hydrogen-bond donors (Lipinski definition) is 12. The van der Waals surface area contributed by atoms with E-state index < -0.39 is 32.0 Å². The van der Waals surface area contributed by atoms with Crippen molar-refractivity contribution in [2.75, 3.05) is 69.3 Å². The maximum atomic E-state index is 13.5. The van der Waals surface area contributed by atoms with E-state index in [9.17, 15) is 50.0 Å². The van der Waals surface area contributed by atoms with Crippen molar-refractivity contribution >= 4 is 137 Å². The molecule has 19 aromatic rings. The average Bonchev–Trinajstić information content (AvgIpc) is 1.64. The lowest BCUT2D eigenvalue weighted by molar-refractivity contribution is 0.0955. The Morgan fingerprint density at radius 3 is 1.05 bits per heavy atom. The molecule has 11 heterocycles. The molecule has 0 fully saturated rings. The number of nitrogens with zero attached hydrogens (tertiary/aromatic N) is 14. The molecule has 742 valence electrons. The summed E-state index contributed by atoms with van der Waals surface area (Å²) in [5.74, 6) is 2.56. The lowest BCUT2D eigenvalue weighted by Gasteiger charge is -2.12. The van der Waals surface area contributed by atoms with Crippen molar-refractivity contribution in [2.45, 2.75) is 41.4 Å². The van der Waals surface area contributed by atoms with Crippen LogP contribution in [0.25, 0.3) is 78.8 Å². The largest absolute Gasteiger partial charge is 0.457 e. The molecule has 12 N–H and O–H groups in total. The highest BCUT2D eigenvalue weighted by atomic mass is 32.2. The summed E-state index contributed by atoms with van der Waals surface area (Å²) in [6, 6.07) is 65.7. The van der Waals surface area contributed by atoms with Gasteiger partial charge in [-0.3, -0.25) is 43.9 Å². The van der Waals surface area contributed by atoms with Gasteiger partial charge >= 0.3 is 0 Å². The van der Waals surface area contributed by atoms with Crippen LogP contribution in [0.2, 0.25) is 0 Å². The van der Waals surface area contributed by atoms with Crippen molar-refractivity contribution in [3.63, 3.8) is 0 Å². The van der Waals surface area contributed by atoms with E-state index in [0.29, 0.717) is 124 Å². The van der Waals surface area contributed by atoms with Crippen molar-refractivity contribution < 1.29 is 54.7 Å². The van der Waals surface area contributed by atoms with Crippen molar-refractivity contribution in [3.05, 3.63) is 373 Å². The highest BCUT2D eigenvalue weighted by Gasteiger charge is 2.28. The molecule has 0 aliphatic rings.